The number of H-pyrrole nitrogens is 1. The standard InChI is InChI=1S/C14H19N3O/c1-13(2,11-5-3-8-16-11)10-17-12(18)14(9-15)6-4-7-14/h3,5,8,16H,4,6-7,10H2,1-2H3,(H,17,18). The average molecular weight is 245 g/mol. The molecule has 0 atom stereocenters. The highest BCUT2D eigenvalue weighted by Gasteiger charge is 2.44. The average Bonchev–Trinajstić information content (AvgIpc) is 2.80. The van der Waals surface area contributed by atoms with Gasteiger partial charge in [0.2, 0.25) is 5.91 Å². The first-order chi connectivity index (χ1) is 8.50. The van der Waals surface area contributed by atoms with Crippen LogP contribution in [0.4, 0.5) is 0 Å². The second kappa shape index (κ2) is 4.49. The molecule has 1 aromatic heterocycles. The molecule has 1 fully saturated rings. The summed E-state index contributed by atoms with van der Waals surface area (Å²) in [5.41, 5.74) is 0.174. The van der Waals surface area contributed by atoms with Crippen LogP contribution < -0.4 is 5.32 Å². The number of nitrogens with one attached hydrogen (secondary N) is 2. The quantitative estimate of drug-likeness (QED) is 0.853. The Morgan fingerprint density at radius 1 is 1.61 bits per heavy atom. The number of aromatic amines is 1. The third kappa shape index (κ3) is 2.13. The van der Waals surface area contributed by atoms with E-state index in [0.29, 0.717) is 19.4 Å². The van der Waals surface area contributed by atoms with Crippen LogP contribution in [0.3, 0.4) is 0 Å². The number of hydrogen-bond acceptors (Lipinski definition) is 2. The molecule has 96 valence electrons. The highest BCUT2D eigenvalue weighted by atomic mass is 16.2. The summed E-state index contributed by atoms with van der Waals surface area (Å²) in [5.74, 6) is -0.115. The SMILES string of the molecule is CC(C)(CNC(=O)C1(C#N)CCC1)c1ccc[nH]1. The number of nitriles is 1. The molecule has 0 saturated heterocycles. The van der Waals surface area contributed by atoms with Crippen molar-refractivity contribution in [3.05, 3.63) is 24.0 Å². The van der Waals surface area contributed by atoms with Crippen LogP contribution in [0.5, 0.6) is 0 Å². The van der Waals surface area contributed by atoms with Gasteiger partial charge in [-0.3, -0.25) is 4.79 Å². The van der Waals surface area contributed by atoms with Crippen LogP contribution in [-0.4, -0.2) is 17.4 Å². The molecule has 1 saturated carbocycles. The molecule has 0 aromatic carbocycles. The van der Waals surface area contributed by atoms with Crippen molar-refractivity contribution in [2.45, 2.75) is 38.5 Å². The number of aromatic nitrogens is 1. The summed E-state index contributed by atoms with van der Waals surface area (Å²) in [6.07, 6.45) is 4.24. The monoisotopic (exact) mass is 245 g/mol. The topological polar surface area (TPSA) is 68.7 Å². The van der Waals surface area contributed by atoms with Gasteiger partial charge in [0.05, 0.1) is 6.07 Å². The highest BCUT2D eigenvalue weighted by molar-refractivity contribution is 5.86. The van der Waals surface area contributed by atoms with E-state index in [1.807, 2.05) is 18.3 Å². The summed E-state index contributed by atoms with van der Waals surface area (Å²) in [5, 5.41) is 12.0. The lowest BCUT2D eigenvalue weighted by molar-refractivity contribution is -0.132. The first-order valence-electron chi connectivity index (χ1n) is 6.34. The fraction of sp³-hybridized carbons (Fsp3) is 0.571. The van der Waals surface area contributed by atoms with E-state index in [-0.39, 0.29) is 11.3 Å². The van der Waals surface area contributed by atoms with E-state index in [1.165, 1.54) is 0 Å². The van der Waals surface area contributed by atoms with Crippen LogP contribution in [0, 0.1) is 16.7 Å². The molecule has 1 aliphatic carbocycles. The molecule has 1 aliphatic rings. The van der Waals surface area contributed by atoms with Crippen LogP contribution in [0.15, 0.2) is 18.3 Å². The van der Waals surface area contributed by atoms with Gasteiger partial charge < -0.3 is 10.3 Å². The van der Waals surface area contributed by atoms with Gasteiger partial charge >= 0.3 is 0 Å². The molecule has 0 bridgehead atoms. The number of nitrogens with zero attached hydrogens (tertiary/aromatic N) is 1. The van der Waals surface area contributed by atoms with E-state index in [9.17, 15) is 4.79 Å². The molecule has 1 heterocycles. The zero-order chi connectivity index (χ0) is 13.2. The summed E-state index contributed by atoms with van der Waals surface area (Å²) in [7, 11) is 0. The van der Waals surface area contributed by atoms with Gasteiger partial charge in [0.1, 0.15) is 5.41 Å². The predicted octanol–water partition coefficient (Wildman–Crippen LogP) is 2.10. The molecule has 0 spiro atoms. The second-order valence-corrected chi connectivity index (χ2v) is 5.70. The maximum Gasteiger partial charge on any atom is 0.240 e. The Kier molecular flexibility index (Phi) is 3.16. The Morgan fingerprint density at radius 3 is 2.78 bits per heavy atom. The minimum Gasteiger partial charge on any atom is -0.364 e. The fourth-order valence-corrected chi connectivity index (χ4v) is 2.24. The molecule has 1 aromatic rings. The Hall–Kier alpha value is -1.76. The van der Waals surface area contributed by atoms with Crippen LogP contribution >= 0.6 is 0 Å². The first-order valence-corrected chi connectivity index (χ1v) is 6.34. The normalized spacial score (nSPS) is 17.6. The lowest BCUT2D eigenvalue weighted by atomic mass is 9.69. The third-order valence-electron chi connectivity index (χ3n) is 3.87. The van der Waals surface area contributed by atoms with Crippen molar-refractivity contribution in [1.82, 2.24) is 10.3 Å². The van der Waals surface area contributed by atoms with E-state index in [1.54, 1.807) is 0 Å². The van der Waals surface area contributed by atoms with Crippen LogP contribution in [0.2, 0.25) is 0 Å². The Morgan fingerprint density at radius 2 is 2.33 bits per heavy atom. The summed E-state index contributed by atoms with van der Waals surface area (Å²) in [6, 6.07) is 6.12. The fourth-order valence-electron chi connectivity index (χ4n) is 2.24. The molecule has 2 rings (SSSR count). The summed E-state index contributed by atoms with van der Waals surface area (Å²) < 4.78 is 0. The summed E-state index contributed by atoms with van der Waals surface area (Å²) >= 11 is 0. The molecule has 0 unspecified atom stereocenters. The number of carbonyl (C=O) groups excluding carboxylic acids is 1. The number of hydrogen-bond donors (Lipinski definition) is 2. The zero-order valence-corrected chi connectivity index (χ0v) is 10.9. The lowest BCUT2D eigenvalue weighted by Gasteiger charge is -2.34. The summed E-state index contributed by atoms with van der Waals surface area (Å²) in [4.78, 5) is 15.2. The first kappa shape index (κ1) is 12.7. The predicted molar refractivity (Wildman–Crippen MR) is 68.7 cm³/mol. The van der Waals surface area contributed by atoms with Gasteiger partial charge in [-0.1, -0.05) is 13.8 Å². The molecule has 0 radical (unpaired) electrons. The van der Waals surface area contributed by atoms with Crippen molar-refractivity contribution in [3.8, 4) is 6.07 Å². The molecule has 1 amide bonds. The van der Waals surface area contributed by atoms with E-state index in [0.717, 1.165) is 12.1 Å². The van der Waals surface area contributed by atoms with Crippen molar-refractivity contribution in [2.75, 3.05) is 6.54 Å². The molecule has 0 aliphatic heterocycles. The van der Waals surface area contributed by atoms with Crippen molar-refractivity contribution in [3.63, 3.8) is 0 Å². The Bertz CT molecular complexity index is 464. The van der Waals surface area contributed by atoms with Gasteiger partial charge in [0.25, 0.3) is 0 Å². The van der Waals surface area contributed by atoms with Crippen molar-refractivity contribution >= 4 is 5.91 Å². The molecular weight excluding hydrogens is 226 g/mol. The maximum absolute atomic E-state index is 12.1. The van der Waals surface area contributed by atoms with Gasteiger partial charge in [0, 0.05) is 23.9 Å². The van der Waals surface area contributed by atoms with Crippen molar-refractivity contribution in [2.24, 2.45) is 5.41 Å². The van der Waals surface area contributed by atoms with Gasteiger partial charge in [-0.2, -0.15) is 5.26 Å². The van der Waals surface area contributed by atoms with Gasteiger partial charge in [-0.15, -0.1) is 0 Å². The zero-order valence-electron chi connectivity index (χ0n) is 10.9. The van der Waals surface area contributed by atoms with Crippen LogP contribution in [0.1, 0.15) is 38.8 Å². The van der Waals surface area contributed by atoms with Crippen LogP contribution in [-0.2, 0) is 10.2 Å². The molecule has 18 heavy (non-hydrogen) atoms. The van der Waals surface area contributed by atoms with E-state index < -0.39 is 5.41 Å². The number of carbonyl (C=O) groups is 1. The minimum absolute atomic E-state index is 0.115. The van der Waals surface area contributed by atoms with E-state index in [2.05, 4.69) is 30.2 Å². The molecule has 4 heteroatoms. The second-order valence-electron chi connectivity index (χ2n) is 5.70. The third-order valence-corrected chi connectivity index (χ3v) is 3.87. The largest absolute Gasteiger partial charge is 0.364 e. The van der Waals surface area contributed by atoms with Gasteiger partial charge in [-0.05, 0) is 31.4 Å². The number of amides is 1. The minimum atomic E-state index is -0.758. The number of rotatable bonds is 4. The summed E-state index contributed by atoms with van der Waals surface area (Å²) in [6.45, 7) is 4.67. The maximum atomic E-state index is 12.1. The van der Waals surface area contributed by atoms with Crippen molar-refractivity contribution in [1.29, 1.82) is 5.26 Å². The van der Waals surface area contributed by atoms with E-state index >= 15 is 0 Å². The van der Waals surface area contributed by atoms with E-state index in [4.69, 9.17) is 5.26 Å². The highest BCUT2D eigenvalue weighted by Crippen LogP contribution is 2.40. The molecule has 4 nitrogen and oxygen atoms in total. The van der Waals surface area contributed by atoms with Gasteiger partial charge in [-0.25, -0.2) is 0 Å². The lowest BCUT2D eigenvalue weighted by Crippen LogP contribution is -2.48. The van der Waals surface area contributed by atoms with Crippen LogP contribution in [0.25, 0.3) is 0 Å². The Balaban J connectivity index is 1.96. The van der Waals surface area contributed by atoms with Gasteiger partial charge in [0.15, 0.2) is 0 Å². The Labute approximate surface area is 107 Å². The van der Waals surface area contributed by atoms with Crippen molar-refractivity contribution < 1.29 is 4.79 Å². The molecular formula is C14H19N3O. The molecule has 2 N–H and O–H groups in total. The smallest absolute Gasteiger partial charge is 0.240 e.